The van der Waals surface area contributed by atoms with E-state index in [0.717, 1.165) is 11.3 Å². The molecule has 1 aromatic rings. The number of benzene rings is 1. The Kier molecular flexibility index (Phi) is 3.92. The van der Waals surface area contributed by atoms with Crippen LogP contribution in [0.1, 0.15) is 12.5 Å². The molecule has 0 amide bonds. The molecule has 80 valence electrons. The van der Waals surface area contributed by atoms with Crippen molar-refractivity contribution < 1.29 is 14.6 Å². The molecule has 0 radical (unpaired) electrons. The number of hydrogen-bond donors (Lipinski definition) is 1. The summed E-state index contributed by atoms with van der Waals surface area (Å²) in [6, 6.07) is 7.58. The smallest absolute Gasteiger partial charge is 0.330 e. The second-order valence-corrected chi connectivity index (χ2v) is 3.25. The molecule has 1 rings (SSSR count). The van der Waals surface area contributed by atoms with Crippen LogP contribution in [-0.2, 0) is 11.2 Å². The zero-order valence-corrected chi connectivity index (χ0v) is 8.86. The molecule has 0 aromatic heterocycles. The Morgan fingerprint density at radius 3 is 2.87 bits per heavy atom. The Balaban J connectivity index is 2.73. The van der Waals surface area contributed by atoms with Gasteiger partial charge in [0, 0.05) is 5.57 Å². The van der Waals surface area contributed by atoms with Gasteiger partial charge >= 0.3 is 5.97 Å². The van der Waals surface area contributed by atoms with Gasteiger partial charge in [-0.2, -0.15) is 0 Å². The molecule has 0 fully saturated rings. The molecule has 0 aliphatic heterocycles. The van der Waals surface area contributed by atoms with Gasteiger partial charge in [0.15, 0.2) is 0 Å². The molecule has 1 N–H and O–H groups in total. The Morgan fingerprint density at radius 2 is 2.27 bits per heavy atom. The molecule has 15 heavy (non-hydrogen) atoms. The van der Waals surface area contributed by atoms with Gasteiger partial charge in [-0.05, 0) is 31.0 Å². The van der Waals surface area contributed by atoms with E-state index in [1.807, 2.05) is 24.3 Å². The standard InChI is InChI=1S/C12H14O3/c1-9(12(13)14)6-7-10-4-3-5-11(8-10)15-2/h3-6,8H,7H2,1-2H3,(H,13,14)/b9-6+. The van der Waals surface area contributed by atoms with Crippen LogP contribution in [0, 0.1) is 0 Å². The normalized spacial score (nSPS) is 11.2. The lowest BCUT2D eigenvalue weighted by atomic mass is 10.1. The minimum absolute atomic E-state index is 0.359. The Labute approximate surface area is 89.0 Å². The summed E-state index contributed by atoms with van der Waals surface area (Å²) in [5.41, 5.74) is 1.40. The lowest BCUT2D eigenvalue weighted by molar-refractivity contribution is -0.132. The van der Waals surface area contributed by atoms with Crippen LogP contribution in [-0.4, -0.2) is 18.2 Å². The number of carboxylic acid groups (broad SMARTS) is 1. The maximum Gasteiger partial charge on any atom is 0.330 e. The number of methoxy groups -OCH3 is 1. The number of rotatable bonds is 4. The van der Waals surface area contributed by atoms with Gasteiger partial charge in [-0.25, -0.2) is 4.79 Å². The van der Waals surface area contributed by atoms with E-state index < -0.39 is 5.97 Å². The summed E-state index contributed by atoms with van der Waals surface area (Å²) in [6.45, 7) is 1.59. The predicted molar refractivity (Wildman–Crippen MR) is 58.1 cm³/mol. The SMILES string of the molecule is COc1cccc(C/C=C(\C)C(=O)O)c1. The molecule has 0 aliphatic rings. The summed E-state index contributed by atoms with van der Waals surface area (Å²) in [6.07, 6.45) is 2.30. The Bertz CT molecular complexity index is 380. The summed E-state index contributed by atoms with van der Waals surface area (Å²) in [4.78, 5) is 10.6. The van der Waals surface area contributed by atoms with Gasteiger partial charge in [-0.1, -0.05) is 18.2 Å². The third kappa shape index (κ3) is 3.46. The van der Waals surface area contributed by atoms with E-state index in [0.29, 0.717) is 12.0 Å². The van der Waals surface area contributed by atoms with Crippen LogP contribution in [0.15, 0.2) is 35.9 Å². The molecular weight excluding hydrogens is 192 g/mol. The van der Waals surface area contributed by atoms with Crippen LogP contribution in [0.25, 0.3) is 0 Å². The number of ether oxygens (including phenoxy) is 1. The van der Waals surface area contributed by atoms with Gasteiger partial charge in [-0.15, -0.1) is 0 Å². The Hall–Kier alpha value is -1.77. The maximum atomic E-state index is 10.6. The second kappa shape index (κ2) is 5.20. The van der Waals surface area contributed by atoms with Crippen LogP contribution in [0.4, 0.5) is 0 Å². The molecule has 0 saturated heterocycles. The van der Waals surface area contributed by atoms with Crippen LogP contribution in [0.3, 0.4) is 0 Å². The van der Waals surface area contributed by atoms with Crippen molar-refractivity contribution in [3.05, 3.63) is 41.5 Å². The van der Waals surface area contributed by atoms with E-state index >= 15 is 0 Å². The van der Waals surface area contributed by atoms with Crippen LogP contribution in [0.2, 0.25) is 0 Å². The van der Waals surface area contributed by atoms with Crippen molar-refractivity contribution in [2.75, 3.05) is 7.11 Å². The molecule has 1 aromatic carbocycles. The molecule has 0 atom stereocenters. The van der Waals surface area contributed by atoms with Crippen molar-refractivity contribution in [1.82, 2.24) is 0 Å². The average molecular weight is 206 g/mol. The minimum Gasteiger partial charge on any atom is -0.497 e. The number of carbonyl (C=O) groups is 1. The average Bonchev–Trinajstić information content (AvgIpc) is 2.26. The second-order valence-electron chi connectivity index (χ2n) is 3.25. The van der Waals surface area contributed by atoms with Gasteiger partial charge in [-0.3, -0.25) is 0 Å². The number of allylic oxidation sites excluding steroid dienone is 1. The van der Waals surface area contributed by atoms with Gasteiger partial charge in [0.2, 0.25) is 0 Å². The molecule has 0 heterocycles. The van der Waals surface area contributed by atoms with Crippen molar-refractivity contribution in [2.24, 2.45) is 0 Å². The van der Waals surface area contributed by atoms with Crippen molar-refractivity contribution in [2.45, 2.75) is 13.3 Å². The highest BCUT2D eigenvalue weighted by Gasteiger charge is 1.99. The minimum atomic E-state index is -0.877. The third-order valence-corrected chi connectivity index (χ3v) is 2.12. The number of carboxylic acids is 1. The number of aliphatic carboxylic acids is 1. The van der Waals surface area contributed by atoms with Crippen LogP contribution >= 0.6 is 0 Å². The van der Waals surface area contributed by atoms with E-state index in [2.05, 4.69) is 0 Å². The first-order valence-corrected chi connectivity index (χ1v) is 4.66. The summed E-state index contributed by atoms with van der Waals surface area (Å²) >= 11 is 0. The van der Waals surface area contributed by atoms with E-state index in [1.54, 1.807) is 20.1 Å². The quantitative estimate of drug-likeness (QED) is 0.769. The summed E-state index contributed by atoms with van der Waals surface area (Å²) in [5, 5.41) is 8.67. The summed E-state index contributed by atoms with van der Waals surface area (Å²) < 4.78 is 5.07. The highest BCUT2D eigenvalue weighted by molar-refractivity contribution is 5.85. The van der Waals surface area contributed by atoms with E-state index in [1.165, 1.54) is 0 Å². The molecule has 0 spiro atoms. The predicted octanol–water partition coefficient (Wildman–Crippen LogP) is 2.27. The maximum absolute atomic E-state index is 10.6. The first kappa shape index (κ1) is 11.3. The molecule has 0 saturated carbocycles. The van der Waals surface area contributed by atoms with Gasteiger partial charge in [0.1, 0.15) is 5.75 Å². The zero-order valence-electron chi connectivity index (χ0n) is 8.86. The lowest BCUT2D eigenvalue weighted by Crippen LogP contribution is -1.96. The van der Waals surface area contributed by atoms with E-state index in [-0.39, 0.29) is 0 Å². The van der Waals surface area contributed by atoms with Crippen molar-refractivity contribution >= 4 is 5.97 Å². The fourth-order valence-electron chi connectivity index (χ4n) is 1.16. The van der Waals surface area contributed by atoms with Crippen molar-refractivity contribution in [1.29, 1.82) is 0 Å². The summed E-state index contributed by atoms with van der Waals surface area (Å²) in [7, 11) is 1.61. The first-order chi connectivity index (χ1) is 7.13. The molecule has 3 heteroatoms. The molecule has 0 unspecified atom stereocenters. The molecular formula is C12H14O3. The Morgan fingerprint density at radius 1 is 1.53 bits per heavy atom. The van der Waals surface area contributed by atoms with Crippen molar-refractivity contribution in [3.63, 3.8) is 0 Å². The monoisotopic (exact) mass is 206 g/mol. The molecule has 0 bridgehead atoms. The fraction of sp³-hybridized carbons (Fsp3) is 0.250. The van der Waals surface area contributed by atoms with Crippen molar-refractivity contribution in [3.8, 4) is 5.75 Å². The summed E-state index contributed by atoms with van der Waals surface area (Å²) in [5.74, 6) is -0.0909. The van der Waals surface area contributed by atoms with Gasteiger partial charge in [0.25, 0.3) is 0 Å². The molecule has 3 nitrogen and oxygen atoms in total. The number of hydrogen-bond acceptors (Lipinski definition) is 2. The highest BCUT2D eigenvalue weighted by Crippen LogP contribution is 2.13. The van der Waals surface area contributed by atoms with Gasteiger partial charge < -0.3 is 9.84 Å². The third-order valence-electron chi connectivity index (χ3n) is 2.12. The largest absolute Gasteiger partial charge is 0.497 e. The van der Waals surface area contributed by atoms with Crippen LogP contribution < -0.4 is 4.74 Å². The van der Waals surface area contributed by atoms with E-state index in [9.17, 15) is 4.79 Å². The zero-order chi connectivity index (χ0) is 11.3. The first-order valence-electron chi connectivity index (χ1n) is 4.66. The van der Waals surface area contributed by atoms with Gasteiger partial charge in [0.05, 0.1) is 7.11 Å². The topological polar surface area (TPSA) is 46.5 Å². The van der Waals surface area contributed by atoms with E-state index in [4.69, 9.17) is 9.84 Å². The lowest BCUT2D eigenvalue weighted by Gasteiger charge is -2.02. The highest BCUT2D eigenvalue weighted by atomic mass is 16.5. The fourth-order valence-corrected chi connectivity index (χ4v) is 1.16. The van der Waals surface area contributed by atoms with Crippen LogP contribution in [0.5, 0.6) is 5.75 Å². The molecule has 0 aliphatic carbocycles.